The zero-order chi connectivity index (χ0) is 15.6. The number of carbonyl (C=O) groups excluding carboxylic acids is 2. The van der Waals surface area contributed by atoms with E-state index in [1.54, 1.807) is 9.58 Å². The average molecular weight is 294 g/mol. The van der Waals surface area contributed by atoms with Crippen molar-refractivity contribution in [2.24, 2.45) is 5.73 Å². The lowest BCUT2D eigenvalue weighted by molar-refractivity contribution is -0.133. The SMILES string of the molecule is CCn1nc(C(C)C)cc1C(=O)N1CCOC(C(N)=O)C1. The number of morpholine rings is 1. The fourth-order valence-corrected chi connectivity index (χ4v) is 2.30. The fourth-order valence-electron chi connectivity index (χ4n) is 2.30. The molecule has 1 fully saturated rings. The molecule has 2 amide bonds. The van der Waals surface area contributed by atoms with Crippen LogP contribution in [0.1, 0.15) is 42.9 Å². The molecule has 1 atom stereocenters. The van der Waals surface area contributed by atoms with E-state index in [1.165, 1.54) is 0 Å². The Morgan fingerprint density at radius 3 is 2.81 bits per heavy atom. The first-order valence-electron chi connectivity index (χ1n) is 7.22. The third-order valence-electron chi connectivity index (χ3n) is 3.58. The molecule has 1 aromatic rings. The Hall–Kier alpha value is -1.89. The van der Waals surface area contributed by atoms with E-state index in [2.05, 4.69) is 5.10 Å². The van der Waals surface area contributed by atoms with E-state index in [0.717, 1.165) is 5.69 Å². The molecule has 0 aromatic carbocycles. The summed E-state index contributed by atoms with van der Waals surface area (Å²) in [6.07, 6.45) is -0.731. The van der Waals surface area contributed by atoms with Crippen LogP contribution < -0.4 is 5.73 Å². The molecule has 0 spiro atoms. The standard InChI is InChI=1S/C14H22N4O3/c1-4-18-11(7-10(16-18)9(2)3)14(20)17-5-6-21-12(8-17)13(15)19/h7,9,12H,4-6,8H2,1-3H3,(H2,15,19). The van der Waals surface area contributed by atoms with Crippen molar-refractivity contribution >= 4 is 11.8 Å². The molecule has 1 aromatic heterocycles. The highest BCUT2D eigenvalue weighted by Gasteiger charge is 2.30. The van der Waals surface area contributed by atoms with Crippen LogP contribution in [0.3, 0.4) is 0 Å². The van der Waals surface area contributed by atoms with E-state index in [9.17, 15) is 9.59 Å². The van der Waals surface area contributed by atoms with Gasteiger partial charge in [0.05, 0.1) is 18.8 Å². The van der Waals surface area contributed by atoms with Gasteiger partial charge in [-0.15, -0.1) is 0 Å². The highest BCUT2D eigenvalue weighted by atomic mass is 16.5. The van der Waals surface area contributed by atoms with Crippen molar-refractivity contribution in [1.82, 2.24) is 14.7 Å². The van der Waals surface area contributed by atoms with Crippen LogP contribution in [-0.4, -0.2) is 52.3 Å². The van der Waals surface area contributed by atoms with E-state index in [1.807, 2.05) is 26.8 Å². The van der Waals surface area contributed by atoms with E-state index in [0.29, 0.717) is 25.4 Å². The highest BCUT2D eigenvalue weighted by Crippen LogP contribution is 2.17. The lowest BCUT2D eigenvalue weighted by Gasteiger charge is -2.31. The summed E-state index contributed by atoms with van der Waals surface area (Å²) in [6, 6.07) is 1.82. The molecule has 1 saturated heterocycles. The van der Waals surface area contributed by atoms with E-state index in [4.69, 9.17) is 10.5 Å². The molecule has 0 radical (unpaired) electrons. The van der Waals surface area contributed by atoms with Gasteiger partial charge in [-0.25, -0.2) is 0 Å². The number of rotatable bonds is 4. The molecule has 2 rings (SSSR count). The van der Waals surface area contributed by atoms with Crippen LogP contribution in [0.15, 0.2) is 6.07 Å². The lowest BCUT2D eigenvalue weighted by Crippen LogP contribution is -2.50. The molecule has 0 aliphatic carbocycles. The van der Waals surface area contributed by atoms with Gasteiger partial charge in [0.15, 0.2) is 6.10 Å². The molecule has 1 aliphatic rings. The number of aromatic nitrogens is 2. The first kappa shape index (κ1) is 15.5. The first-order valence-corrected chi connectivity index (χ1v) is 7.22. The summed E-state index contributed by atoms with van der Waals surface area (Å²) in [6.45, 7) is 7.60. The average Bonchev–Trinajstić information content (AvgIpc) is 2.91. The van der Waals surface area contributed by atoms with Gasteiger partial charge >= 0.3 is 0 Å². The second-order valence-corrected chi connectivity index (χ2v) is 5.44. The minimum Gasteiger partial charge on any atom is -0.367 e. The van der Waals surface area contributed by atoms with Crippen LogP contribution in [0.2, 0.25) is 0 Å². The molecule has 7 heteroatoms. The van der Waals surface area contributed by atoms with Gasteiger partial charge in [0.2, 0.25) is 5.91 Å². The van der Waals surface area contributed by atoms with E-state index in [-0.39, 0.29) is 18.4 Å². The maximum atomic E-state index is 12.6. The van der Waals surface area contributed by atoms with Crippen molar-refractivity contribution in [1.29, 1.82) is 0 Å². The molecular formula is C14H22N4O3. The van der Waals surface area contributed by atoms with E-state index < -0.39 is 12.0 Å². The summed E-state index contributed by atoms with van der Waals surface area (Å²) >= 11 is 0. The molecule has 1 aliphatic heterocycles. The molecule has 2 heterocycles. The second kappa shape index (κ2) is 6.26. The monoisotopic (exact) mass is 294 g/mol. The van der Waals surface area contributed by atoms with Gasteiger partial charge in [-0.05, 0) is 18.9 Å². The van der Waals surface area contributed by atoms with Crippen LogP contribution in [0.5, 0.6) is 0 Å². The van der Waals surface area contributed by atoms with Crippen LogP contribution in [0.25, 0.3) is 0 Å². The number of primary amides is 1. The highest BCUT2D eigenvalue weighted by molar-refractivity contribution is 5.93. The Morgan fingerprint density at radius 1 is 1.52 bits per heavy atom. The maximum absolute atomic E-state index is 12.6. The van der Waals surface area contributed by atoms with Crippen LogP contribution in [0, 0.1) is 0 Å². The maximum Gasteiger partial charge on any atom is 0.272 e. The summed E-state index contributed by atoms with van der Waals surface area (Å²) in [5.74, 6) is -0.419. The number of hydrogen-bond acceptors (Lipinski definition) is 4. The molecule has 116 valence electrons. The van der Waals surface area contributed by atoms with E-state index >= 15 is 0 Å². The Morgan fingerprint density at radius 2 is 2.24 bits per heavy atom. The van der Waals surface area contributed by atoms with Gasteiger partial charge < -0.3 is 15.4 Å². The van der Waals surface area contributed by atoms with Crippen molar-refractivity contribution in [3.8, 4) is 0 Å². The quantitative estimate of drug-likeness (QED) is 0.867. The molecule has 21 heavy (non-hydrogen) atoms. The molecule has 7 nitrogen and oxygen atoms in total. The van der Waals surface area contributed by atoms with Gasteiger partial charge in [0.1, 0.15) is 5.69 Å². The normalized spacial score (nSPS) is 19.0. The minimum atomic E-state index is -0.731. The van der Waals surface area contributed by atoms with Crippen molar-refractivity contribution in [2.45, 2.75) is 39.3 Å². The molecule has 2 N–H and O–H groups in total. The summed E-state index contributed by atoms with van der Waals surface area (Å²) < 4.78 is 6.97. The van der Waals surface area contributed by atoms with Crippen molar-refractivity contribution in [2.75, 3.05) is 19.7 Å². The zero-order valence-corrected chi connectivity index (χ0v) is 12.7. The van der Waals surface area contributed by atoms with Gasteiger partial charge in [-0.1, -0.05) is 13.8 Å². The summed E-state index contributed by atoms with van der Waals surface area (Å²) in [5, 5.41) is 4.44. The number of hydrogen-bond donors (Lipinski definition) is 1. The number of nitrogens with zero attached hydrogens (tertiary/aromatic N) is 3. The van der Waals surface area contributed by atoms with Crippen molar-refractivity contribution in [3.05, 3.63) is 17.5 Å². The third kappa shape index (κ3) is 3.24. The predicted molar refractivity (Wildman–Crippen MR) is 76.8 cm³/mol. The minimum absolute atomic E-state index is 0.134. The first-order chi connectivity index (χ1) is 9.93. The Bertz CT molecular complexity index is 538. The Balaban J connectivity index is 2.21. The second-order valence-electron chi connectivity index (χ2n) is 5.44. The molecule has 0 saturated carbocycles. The number of ether oxygens (including phenoxy) is 1. The van der Waals surface area contributed by atoms with Crippen LogP contribution in [0.4, 0.5) is 0 Å². The van der Waals surface area contributed by atoms with Crippen molar-refractivity contribution in [3.63, 3.8) is 0 Å². The van der Waals surface area contributed by atoms with Gasteiger partial charge in [0, 0.05) is 13.1 Å². The van der Waals surface area contributed by atoms with Crippen molar-refractivity contribution < 1.29 is 14.3 Å². The van der Waals surface area contributed by atoms with Crippen LogP contribution in [-0.2, 0) is 16.1 Å². The largest absolute Gasteiger partial charge is 0.367 e. The number of aryl methyl sites for hydroxylation is 1. The van der Waals surface area contributed by atoms with Crippen LogP contribution >= 0.6 is 0 Å². The summed E-state index contributed by atoms with van der Waals surface area (Å²) in [7, 11) is 0. The fraction of sp³-hybridized carbons (Fsp3) is 0.643. The third-order valence-corrected chi connectivity index (χ3v) is 3.58. The summed E-state index contributed by atoms with van der Waals surface area (Å²) in [5.41, 5.74) is 6.69. The molecular weight excluding hydrogens is 272 g/mol. The number of nitrogens with two attached hydrogens (primary N) is 1. The lowest BCUT2D eigenvalue weighted by atomic mass is 10.1. The zero-order valence-electron chi connectivity index (χ0n) is 12.7. The molecule has 0 bridgehead atoms. The number of carbonyl (C=O) groups is 2. The predicted octanol–water partition coefficient (Wildman–Crippen LogP) is 0.353. The smallest absolute Gasteiger partial charge is 0.272 e. The number of amides is 2. The topological polar surface area (TPSA) is 90.4 Å². The van der Waals surface area contributed by atoms with Gasteiger partial charge in [-0.2, -0.15) is 5.10 Å². The van der Waals surface area contributed by atoms with Gasteiger partial charge in [-0.3, -0.25) is 14.3 Å². The Labute approximate surface area is 124 Å². The molecule has 1 unspecified atom stereocenters. The summed E-state index contributed by atoms with van der Waals surface area (Å²) in [4.78, 5) is 25.5. The Kier molecular flexibility index (Phi) is 4.62. The van der Waals surface area contributed by atoms with Gasteiger partial charge in [0.25, 0.3) is 5.91 Å².